The highest BCUT2D eigenvalue weighted by Crippen LogP contribution is 2.60. The van der Waals surface area contributed by atoms with Gasteiger partial charge in [-0.2, -0.15) is 0 Å². The van der Waals surface area contributed by atoms with Crippen LogP contribution in [0.25, 0.3) is 0 Å². The van der Waals surface area contributed by atoms with Gasteiger partial charge in [0.25, 0.3) is 0 Å². The first-order valence-corrected chi connectivity index (χ1v) is 12.8. The topological polar surface area (TPSA) is 50.8 Å². The maximum atomic E-state index is 13.4. The van der Waals surface area contributed by atoms with E-state index in [0.717, 1.165) is 52.4 Å². The molecule has 1 unspecified atom stereocenters. The lowest BCUT2D eigenvalue weighted by atomic mass is 9.76. The predicted octanol–water partition coefficient (Wildman–Crippen LogP) is 7.46. The highest BCUT2D eigenvalue weighted by atomic mass is 16.6. The summed E-state index contributed by atoms with van der Waals surface area (Å²) in [7, 11) is 0. The molecule has 0 bridgehead atoms. The van der Waals surface area contributed by atoms with Crippen molar-refractivity contribution in [1.29, 1.82) is 0 Å². The van der Waals surface area contributed by atoms with Crippen LogP contribution in [0.4, 0.5) is 17.1 Å². The summed E-state index contributed by atoms with van der Waals surface area (Å²) in [6, 6.07) is 26.0. The minimum Gasteiger partial charge on any atom is -0.456 e. The number of nitrogens with one attached hydrogen (secondary N) is 1. The molecule has 4 aromatic rings. The fraction of sp³-hybridized carbons (Fsp3) is 0.219. The van der Waals surface area contributed by atoms with Crippen molar-refractivity contribution >= 4 is 23.0 Å². The molecule has 1 spiro atoms. The number of nitrogens with zero attached hydrogens (tertiary/aromatic N) is 1. The van der Waals surface area contributed by atoms with E-state index >= 15 is 0 Å². The third kappa shape index (κ3) is 3.41. The minimum atomic E-state index is -1.12. The van der Waals surface area contributed by atoms with Crippen LogP contribution >= 0.6 is 0 Å². The molecule has 0 saturated heterocycles. The Morgan fingerprint density at radius 2 is 1.57 bits per heavy atom. The highest BCUT2D eigenvalue weighted by molar-refractivity contribution is 5.98. The maximum absolute atomic E-state index is 13.4. The lowest BCUT2D eigenvalue weighted by molar-refractivity contribution is 0.0226. The molecular weight excluding hydrogens is 460 g/mol. The van der Waals surface area contributed by atoms with E-state index in [4.69, 9.17) is 9.47 Å². The number of para-hydroxylation sites is 1. The maximum Gasteiger partial charge on any atom is 0.340 e. The highest BCUT2D eigenvalue weighted by Gasteiger charge is 2.55. The summed E-state index contributed by atoms with van der Waals surface area (Å²) in [5.41, 5.74) is 7.20. The molecule has 0 amide bonds. The van der Waals surface area contributed by atoms with Crippen LogP contribution in [0.5, 0.6) is 11.5 Å². The fourth-order valence-electron chi connectivity index (χ4n) is 5.77. The van der Waals surface area contributed by atoms with Crippen molar-refractivity contribution < 1.29 is 14.3 Å². The van der Waals surface area contributed by atoms with E-state index in [1.54, 1.807) is 0 Å². The lowest BCUT2D eigenvalue weighted by Crippen LogP contribution is -2.36. The van der Waals surface area contributed by atoms with Gasteiger partial charge >= 0.3 is 5.97 Å². The molecule has 0 aromatic heterocycles. The van der Waals surface area contributed by atoms with Crippen LogP contribution in [0.3, 0.4) is 0 Å². The molecule has 37 heavy (non-hydrogen) atoms. The van der Waals surface area contributed by atoms with Gasteiger partial charge in [-0.1, -0.05) is 48.5 Å². The Bertz CT molecular complexity index is 1540. The second kappa shape index (κ2) is 8.70. The predicted molar refractivity (Wildman–Crippen MR) is 147 cm³/mol. The van der Waals surface area contributed by atoms with Crippen molar-refractivity contribution in [2.24, 2.45) is 0 Å². The quantitative estimate of drug-likeness (QED) is 0.294. The summed E-state index contributed by atoms with van der Waals surface area (Å²) in [5.74, 6) is 1.08. The standard InChI is InChI=1S/C32H30N2O3/c1-5-34(6-2)30-28-27(19-21(4)29(30)33-22-13-11-12-20(3)18-22)36-26-17-10-9-16-25(26)32(28)24-15-8-7-14-23(24)31(35)37-32/h7-19,33H,5-6H2,1-4H3. The molecule has 5 heteroatoms. The number of carbonyl (C=O) groups is 1. The summed E-state index contributed by atoms with van der Waals surface area (Å²) >= 11 is 0. The van der Waals surface area contributed by atoms with Gasteiger partial charge in [0.1, 0.15) is 11.5 Å². The molecule has 0 saturated carbocycles. The summed E-state index contributed by atoms with van der Waals surface area (Å²) < 4.78 is 13.0. The molecule has 0 fully saturated rings. The average molecular weight is 491 g/mol. The number of aryl methyl sites for hydroxylation is 2. The molecule has 1 atom stereocenters. The second-order valence-electron chi connectivity index (χ2n) is 9.67. The molecule has 2 aliphatic rings. The summed E-state index contributed by atoms with van der Waals surface area (Å²) in [6.45, 7) is 10.0. The van der Waals surface area contributed by atoms with Gasteiger partial charge in [-0.3, -0.25) is 0 Å². The van der Waals surface area contributed by atoms with E-state index in [0.29, 0.717) is 17.1 Å². The monoisotopic (exact) mass is 490 g/mol. The van der Waals surface area contributed by atoms with Gasteiger partial charge in [-0.05, 0) is 69.2 Å². The molecular formula is C32H30N2O3. The lowest BCUT2D eigenvalue weighted by Gasteiger charge is -2.41. The Kier molecular flexibility index (Phi) is 5.45. The summed E-state index contributed by atoms with van der Waals surface area (Å²) in [6.07, 6.45) is 0. The van der Waals surface area contributed by atoms with E-state index in [1.807, 2.05) is 48.5 Å². The Hall–Kier alpha value is -4.25. The van der Waals surface area contributed by atoms with Crippen LogP contribution in [-0.2, 0) is 10.3 Å². The summed E-state index contributed by atoms with van der Waals surface area (Å²) in [4.78, 5) is 15.7. The van der Waals surface area contributed by atoms with Gasteiger partial charge in [0.05, 0.1) is 22.5 Å². The zero-order valence-corrected chi connectivity index (χ0v) is 21.6. The molecule has 6 rings (SSSR count). The molecule has 1 N–H and O–H groups in total. The van der Waals surface area contributed by atoms with Gasteiger partial charge in [-0.15, -0.1) is 0 Å². The van der Waals surface area contributed by atoms with Gasteiger partial charge in [-0.25, -0.2) is 4.79 Å². The Labute approximate surface area is 217 Å². The Balaban J connectivity index is 1.72. The zero-order valence-electron chi connectivity index (χ0n) is 21.6. The number of benzene rings is 4. The summed E-state index contributed by atoms with van der Waals surface area (Å²) in [5, 5.41) is 3.71. The van der Waals surface area contributed by atoms with E-state index < -0.39 is 5.60 Å². The molecule has 0 aliphatic carbocycles. The third-order valence-corrected chi connectivity index (χ3v) is 7.44. The molecule has 186 valence electrons. The number of anilines is 3. The van der Waals surface area contributed by atoms with Crippen LogP contribution in [-0.4, -0.2) is 19.1 Å². The van der Waals surface area contributed by atoms with E-state index in [-0.39, 0.29) is 5.97 Å². The number of esters is 1. The van der Waals surface area contributed by atoms with Crippen molar-refractivity contribution in [2.45, 2.75) is 33.3 Å². The number of hydrogen-bond acceptors (Lipinski definition) is 5. The van der Waals surface area contributed by atoms with E-state index in [2.05, 4.69) is 68.2 Å². The van der Waals surface area contributed by atoms with Gasteiger partial charge < -0.3 is 19.7 Å². The van der Waals surface area contributed by atoms with Gasteiger partial charge in [0, 0.05) is 29.9 Å². The van der Waals surface area contributed by atoms with Crippen LogP contribution < -0.4 is 15.0 Å². The van der Waals surface area contributed by atoms with Crippen LogP contribution in [0.15, 0.2) is 78.9 Å². The van der Waals surface area contributed by atoms with Gasteiger partial charge in [0.15, 0.2) is 5.60 Å². The largest absolute Gasteiger partial charge is 0.456 e. The number of ether oxygens (including phenoxy) is 2. The van der Waals surface area contributed by atoms with Crippen LogP contribution in [0.1, 0.15) is 52.0 Å². The molecule has 2 heterocycles. The molecule has 4 aromatic carbocycles. The second-order valence-corrected chi connectivity index (χ2v) is 9.67. The first-order chi connectivity index (χ1) is 18.0. The van der Waals surface area contributed by atoms with Crippen molar-refractivity contribution in [3.05, 3.63) is 112 Å². The fourth-order valence-corrected chi connectivity index (χ4v) is 5.77. The minimum absolute atomic E-state index is 0.322. The third-order valence-electron chi connectivity index (χ3n) is 7.44. The average Bonchev–Trinajstić information content (AvgIpc) is 3.19. The molecule has 5 nitrogen and oxygen atoms in total. The smallest absolute Gasteiger partial charge is 0.340 e. The number of fused-ring (bicyclic) bond motifs is 6. The van der Waals surface area contributed by atoms with Crippen LogP contribution in [0, 0.1) is 13.8 Å². The van der Waals surface area contributed by atoms with Crippen LogP contribution in [0.2, 0.25) is 0 Å². The van der Waals surface area contributed by atoms with Gasteiger partial charge in [0.2, 0.25) is 0 Å². The van der Waals surface area contributed by atoms with Crippen molar-refractivity contribution in [2.75, 3.05) is 23.3 Å². The van der Waals surface area contributed by atoms with Crippen molar-refractivity contribution in [1.82, 2.24) is 0 Å². The number of rotatable bonds is 5. The first-order valence-electron chi connectivity index (χ1n) is 12.8. The number of carbonyl (C=O) groups excluding carboxylic acids is 1. The van der Waals surface area contributed by atoms with E-state index in [9.17, 15) is 4.79 Å². The zero-order chi connectivity index (χ0) is 25.7. The SMILES string of the molecule is CCN(CC)c1c(Nc2cccc(C)c2)c(C)cc2c1C1(OC(=O)c3ccccc31)c1ccccc1O2. The number of hydrogen-bond donors (Lipinski definition) is 1. The van der Waals surface area contributed by atoms with Crippen molar-refractivity contribution in [3.8, 4) is 11.5 Å². The molecule has 2 aliphatic heterocycles. The van der Waals surface area contributed by atoms with E-state index in [1.165, 1.54) is 5.56 Å². The Morgan fingerprint density at radius 1 is 0.838 bits per heavy atom. The Morgan fingerprint density at radius 3 is 2.32 bits per heavy atom. The normalized spacial score (nSPS) is 16.9. The van der Waals surface area contributed by atoms with Crippen molar-refractivity contribution in [3.63, 3.8) is 0 Å². The molecule has 0 radical (unpaired) electrons. The first kappa shape index (κ1) is 23.2.